The summed E-state index contributed by atoms with van der Waals surface area (Å²) in [7, 11) is 2.97. The molecule has 0 saturated heterocycles. The maximum absolute atomic E-state index is 13.9. The van der Waals surface area contributed by atoms with E-state index in [0.29, 0.717) is 24.3 Å². The number of nitrogens with zero attached hydrogens (tertiary/aromatic N) is 2. The Morgan fingerprint density at radius 3 is 2.23 bits per heavy atom. The van der Waals surface area contributed by atoms with Crippen LogP contribution in [-0.4, -0.2) is 92.8 Å². The van der Waals surface area contributed by atoms with Gasteiger partial charge in [-0.3, -0.25) is 19.3 Å². The highest BCUT2D eigenvalue weighted by molar-refractivity contribution is 6.25. The highest BCUT2D eigenvalue weighted by Gasteiger charge is 2.67. The van der Waals surface area contributed by atoms with Crippen LogP contribution in [0.1, 0.15) is 28.8 Å². The van der Waals surface area contributed by atoms with Crippen LogP contribution in [0.4, 0.5) is 5.69 Å². The summed E-state index contributed by atoms with van der Waals surface area (Å²) in [5.74, 6) is -9.18. The molecule has 0 bridgehead atoms. The Hall–Kier alpha value is -3.93. The van der Waals surface area contributed by atoms with Crippen LogP contribution in [0.15, 0.2) is 60.1 Å². The lowest BCUT2D eigenvalue weighted by Gasteiger charge is -2.53. The van der Waals surface area contributed by atoms with Gasteiger partial charge in [0.15, 0.2) is 11.4 Å². The number of phenols is 1. The molecule has 1 aromatic rings. The van der Waals surface area contributed by atoms with E-state index in [2.05, 4.69) is 13.2 Å². The van der Waals surface area contributed by atoms with E-state index in [0.717, 1.165) is 0 Å². The first-order valence-electron chi connectivity index (χ1n) is 12.4. The number of carbonyl (C=O) groups excluding carboxylic acids is 3. The molecular weight excluding hydrogens is 506 g/mol. The number of primary amides is 1. The second-order valence-corrected chi connectivity index (χ2v) is 10.4. The molecule has 0 saturated carbocycles. The molecule has 1 aromatic carbocycles. The number of carbonyl (C=O) groups is 3. The fourth-order valence-electron chi connectivity index (χ4n) is 6.45. The summed E-state index contributed by atoms with van der Waals surface area (Å²) in [4.78, 5) is 42.6. The van der Waals surface area contributed by atoms with Crippen molar-refractivity contribution in [1.29, 1.82) is 0 Å². The molecule has 0 fully saturated rings. The number of phenolic OH excluding ortho intramolecular Hbond substituents is 1. The molecule has 0 radical (unpaired) electrons. The zero-order chi connectivity index (χ0) is 29.1. The van der Waals surface area contributed by atoms with Gasteiger partial charge in [0, 0.05) is 24.6 Å². The summed E-state index contributed by atoms with van der Waals surface area (Å²) in [5, 5.41) is 57.0. The first-order chi connectivity index (χ1) is 18.3. The lowest BCUT2D eigenvalue weighted by molar-refractivity contribution is -0.162. The van der Waals surface area contributed by atoms with Crippen molar-refractivity contribution in [2.45, 2.75) is 30.6 Å². The summed E-state index contributed by atoms with van der Waals surface area (Å²) >= 11 is 0. The number of hydrogen-bond acceptors (Lipinski definition) is 10. The normalized spacial score (nSPS) is 30.1. The molecule has 3 aliphatic carbocycles. The molecule has 4 rings (SSSR count). The van der Waals surface area contributed by atoms with Gasteiger partial charge in [0.2, 0.25) is 5.78 Å². The number of benzene rings is 1. The van der Waals surface area contributed by atoms with Gasteiger partial charge in [-0.25, -0.2) is 0 Å². The second-order valence-electron chi connectivity index (χ2n) is 10.4. The van der Waals surface area contributed by atoms with Gasteiger partial charge in [-0.15, -0.1) is 13.2 Å². The minimum absolute atomic E-state index is 0.147. The van der Waals surface area contributed by atoms with Gasteiger partial charge in [-0.2, -0.15) is 0 Å². The molecule has 1 amide bonds. The molecule has 208 valence electrons. The van der Waals surface area contributed by atoms with Gasteiger partial charge in [-0.05, 0) is 31.6 Å². The number of likely N-dealkylation sites (N-methyl/N-ethyl adjacent to an activating group) is 1. The average molecular weight is 540 g/mol. The number of hydrogen-bond donors (Lipinski definition) is 6. The van der Waals surface area contributed by atoms with E-state index >= 15 is 0 Å². The van der Waals surface area contributed by atoms with Gasteiger partial charge < -0.3 is 36.2 Å². The minimum Gasteiger partial charge on any atom is -0.510 e. The van der Waals surface area contributed by atoms with Crippen molar-refractivity contribution in [2.24, 2.45) is 17.6 Å². The third kappa shape index (κ3) is 3.72. The van der Waals surface area contributed by atoms with Crippen molar-refractivity contribution in [3.05, 3.63) is 71.2 Å². The summed E-state index contributed by atoms with van der Waals surface area (Å²) in [6.45, 7) is 9.75. The van der Waals surface area contributed by atoms with Crippen molar-refractivity contribution < 1.29 is 39.9 Å². The van der Waals surface area contributed by atoms with Crippen molar-refractivity contribution in [1.82, 2.24) is 4.90 Å². The van der Waals surface area contributed by atoms with Crippen LogP contribution in [0.25, 0.3) is 0 Å². The number of Topliss-reactive ketones (excluding diaryl/α,β-unsaturated/α-hetero) is 2. The molecule has 0 spiro atoms. The number of nitrogens with two attached hydrogens (primary N) is 1. The maximum Gasteiger partial charge on any atom is 0.255 e. The molecule has 0 aromatic heterocycles. The first-order valence-corrected chi connectivity index (χ1v) is 12.4. The van der Waals surface area contributed by atoms with Gasteiger partial charge in [0.05, 0.1) is 29.3 Å². The van der Waals surface area contributed by atoms with Crippen LogP contribution in [0.3, 0.4) is 0 Å². The van der Waals surface area contributed by atoms with Gasteiger partial charge in [-0.1, -0.05) is 25.1 Å². The number of aliphatic hydroxyl groups excluding tert-OH is 3. The summed E-state index contributed by atoms with van der Waals surface area (Å²) in [6, 6.07) is 1.97. The van der Waals surface area contributed by atoms with E-state index in [1.54, 1.807) is 36.1 Å². The second kappa shape index (κ2) is 9.67. The number of amides is 1. The monoisotopic (exact) mass is 539 g/mol. The Kier molecular flexibility index (Phi) is 6.97. The van der Waals surface area contributed by atoms with Crippen LogP contribution >= 0.6 is 0 Å². The zero-order valence-corrected chi connectivity index (χ0v) is 22.0. The van der Waals surface area contributed by atoms with Crippen LogP contribution in [0, 0.1) is 11.8 Å². The molecule has 6 atom stereocenters. The fourth-order valence-corrected chi connectivity index (χ4v) is 6.45. The number of rotatable bonds is 7. The molecule has 3 aliphatic rings. The molecular formula is C28H33N3O8. The van der Waals surface area contributed by atoms with Crippen LogP contribution < -0.4 is 10.6 Å². The number of fused-ring (bicyclic) bond motifs is 3. The fraction of sp³-hybridized carbons (Fsp3) is 0.393. The number of ketones is 2. The molecule has 0 aliphatic heterocycles. The summed E-state index contributed by atoms with van der Waals surface area (Å²) in [6.07, 6.45) is 1.58. The highest BCUT2D eigenvalue weighted by atomic mass is 16.4. The topological polar surface area (TPSA) is 185 Å². The molecule has 0 heterocycles. The largest absolute Gasteiger partial charge is 0.510 e. The number of aromatic hydroxyl groups is 1. The lowest BCUT2D eigenvalue weighted by atomic mass is 9.55. The predicted molar refractivity (Wildman–Crippen MR) is 142 cm³/mol. The lowest BCUT2D eigenvalue weighted by Crippen LogP contribution is -2.68. The van der Waals surface area contributed by atoms with Crippen molar-refractivity contribution in [3.63, 3.8) is 0 Å². The Labute approximate surface area is 225 Å². The minimum atomic E-state index is -2.95. The SMILES string of the molecule is C=CCN(CC=C)c1ccc2c(c1O)C(=O)C1=C(O)[C@]3(O)C(=O)C(C(N)=O)=C(O)[C@H](N(C)C)[C@@H]3[C@@H](O)[C@@H]1[C@H]2C. The van der Waals surface area contributed by atoms with E-state index in [4.69, 9.17) is 5.73 Å². The Bertz CT molecular complexity index is 1350. The van der Waals surface area contributed by atoms with E-state index in [1.165, 1.54) is 19.0 Å². The maximum atomic E-state index is 13.9. The van der Waals surface area contributed by atoms with E-state index in [9.17, 15) is 39.9 Å². The van der Waals surface area contributed by atoms with Crippen LogP contribution in [0.2, 0.25) is 0 Å². The smallest absolute Gasteiger partial charge is 0.255 e. The standard InChI is InChI=1S/C28H33N3O8/c1-6-10-31(11-7-2)14-9-8-13-12(3)15-17(22(33)16(13)21(14)32)25(36)28(39)19(23(15)34)20(30(4)5)24(35)18(26(28)37)27(29)38/h6-9,12,15,19-20,23,32,34-36,39H,1-2,10-11H2,3-5H3,(H2,29,38)/t12-,15+,19+,20+,23-,28-/m0/s1. The van der Waals surface area contributed by atoms with Crippen molar-refractivity contribution >= 4 is 23.2 Å². The molecule has 11 heteroatoms. The quantitative estimate of drug-likeness (QED) is 0.214. The van der Waals surface area contributed by atoms with Gasteiger partial charge >= 0.3 is 0 Å². The Balaban J connectivity index is 2.00. The zero-order valence-electron chi connectivity index (χ0n) is 22.0. The summed E-state index contributed by atoms with van der Waals surface area (Å²) in [5.41, 5.74) is 1.55. The van der Waals surface area contributed by atoms with E-state index < -0.39 is 75.6 Å². The van der Waals surface area contributed by atoms with E-state index in [-0.39, 0.29) is 11.3 Å². The van der Waals surface area contributed by atoms with Crippen LogP contribution in [0.5, 0.6) is 5.75 Å². The van der Waals surface area contributed by atoms with Crippen molar-refractivity contribution in [3.8, 4) is 5.75 Å². The Morgan fingerprint density at radius 1 is 1.13 bits per heavy atom. The molecule has 0 unspecified atom stereocenters. The number of aliphatic hydroxyl groups is 4. The van der Waals surface area contributed by atoms with Gasteiger partial charge in [0.1, 0.15) is 22.8 Å². The molecule has 11 nitrogen and oxygen atoms in total. The highest BCUT2D eigenvalue weighted by Crippen LogP contribution is 2.56. The first kappa shape index (κ1) is 28.1. The third-order valence-electron chi connectivity index (χ3n) is 8.15. The molecule has 39 heavy (non-hydrogen) atoms. The predicted octanol–water partition coefficient (Wildman–Crippen LogP) is 0.831. The van der Waals surface area contributed by atoms with Gasteiger partial charge in [0.25, 0.3) is 5.91 Å². The van der Waals surface area contributed by atoms with Crippen molar-refractivity contribution in [2.75, 3.05) is 32.1 Å². The van der Waals surface area contributed by atoms with Crippen LogP contribution in [-0.2, 0) is 9.59 Å². The third-order valence-corrected chi connectivity index (χ3v) is 8.15. The Morgan fingerprint density at radius 2 is 1.72 bits per heavy atom. The molecule has 7 N–H and O–H groups in total. The average Bonchev–Trinajstić information content (AvgIpc) is 2.85. The van der Waals surface area contributed by atoms with E-state index in [1.807, 2.05) is 0 Å². The number of anilines is 1. The summed E-state index contributed by atoms with van der Waals surface area (Å²) < 4.78 is 0.